The van der Waals surface area contributed by atoms with Gasteiger partial charge in [-0.15, -0.1) is 0 Å². The van der Waals surface area contributed by atoms with Crippen molar-refractivity contribution in [2.45, 2.75) is 51.1 Å². The molecule has 2 aromatic carbocycles. The molecule has 0 aliphatic carbocycles. The third-order valence-corrected chi connectivity index (χ3v) is 5.81. The second-order valence-electron chi connectivity index (χ2n) is 7.03. The molecule has 2 aromatic rings. The van der Waals surface area contributed by atoms with Gasteiger partial charge >= 0.3 is 0 Å². The smallest absolute Gasteiger partial charge is 0.223 e. The first-order chi connectivity index (χ1) is 12.9. The van der Waals surface area contributed by atoms with Crippen LogP contribution in [0.5, 0.6) is 0 Å². The highest BCUT2D eigenvalue weighted by molar-refractivity contribution is 6.30. The average molecular weight is 404 g/mol. The molecule has 1 aliphatic rings. The monoisotopic (exact) mass is 403 g/mol. The predicted octanol–water partition coefficient (Wildman–Crippen LogP) is 5.81. The van der Waals surface area contributed by atoms with E-state index < -0.39 is 6.04 Å². The fraction of sp³-hybridized carbons (Fsp3) is 0.364. The number of amides is 1. The lowest BCUT2D eigenvalue weighted by Gasteiger charge is -2.45. The molecule has 1 unspecified atom stereocenters. The number of carbonyl (C=O) groups is 2. The highest BCUT2D eigenvalue weighted by atomic mass is 35.5. The molecule has 0 aromatic heterocycles. The number of rotatable bonds is 5. The van der Waals surface area contributed by atoms with Gasteiger partial charge in [0.2, 0.25) is 5.91 Å². The van der Waals surface area contributed by atoms with Crippen molar-refractivity contribution in [3.05, 3.63) is 69.7 Å². The van der Waals surface area contributed by atoms with E-state index in [4.69, 9.17) is 23.2 Å². The number of piperidine rings is 1. The van der Waals surface area contributed by atoms with Crippen LogP contribution in [-0.2, 0) is 9.59 Å². The van der Waals surface area contributed by atoms with Crippen LogP contribution in [0.1, 0.15) is 56.2 Å². The largest absolute Gasteiger partial charge is 0.325 e. The first kappa shape index (κ1) is 19.9. The number of likely N-dealkylation sites (tertiary alicyclic amines) is 1. The average Bonchev–Trinajstić information content (AvgIpc) is 2.64. The molecule has 1 fully saturated rings. The molecule has 0 spiro atoms. The molecule has 1 aliphatic heterocycles. The fourth-order valence-corrected chi connectivity index (χ4v) is 4.43. The van der Waals surface area contributed by atoms with Crippen molar-refractivity contribution in [1.29, 1.82) is 0 Å². The zero-order chi connectivity index (χ0) is 19.6. The van der Waals surface area contributed by atoms with E-state index >= 15 is 0 Å². The molecule has 1 saturated heterocycles. The summed E-state index contributed by atoms with van der Waals surface area (Å²) in [6.45, 7) is 3.50. The van der Waals surface area contributed by atoms with Crippen molar-refractivity contribution in [3.8, 4) is 0 Å². The summed E-state index contributed by atoms with van der Waals surface area (Å²) < 4.78 is 0. The van der Waals surface area contributed by atoms with Crippen LogP contribution in [0, 0.1) is 0 Å². The number of halogens is 2. The highest BCUT2D eigenvalue weighted by Crippen LogP contribution is 2.45. The Labute approximate surface area is 170 Å². The maximum atomic E-state index is 12.9. The molecule has 0 saturated carbocycles. The SMILES string of the molecule is CC[C@@H](C(C)=O)N1C(=O)CC[C@H](c2cccc(Cl)c2)C1c1ccc(Cl)cc1. The Bertz CT molecular complexity index is 834. The molecule has 3 nitrogen and oxygen atoms in total. The van der Waals surface area contributed by atoms with Gasteiger partial charge in [0.05, 0.1) is 12.1 Å². The lowest BCUT2D eigenvalue weighted by atomic mass is 9.78. The van der Waals surface area contributed by atoms with E-state index in [0.29, 0.717) is 22.9 Å². The van der Waals surface area contributed by atoms with Crippen molar-refractivity contribution in [3.63, 3.8) is 0 Å². The van der Waals surface area contributed by atoms with Gasteiger partial charge in [-0.25, -0.2) is 0 Å². The Morgan fingerprint density at radius 3 is 2.41 bits per heavy atom. The Balaban J connectivity index is 2.13. The van der Waals surface area contributed by atoms with Gasteiger partial charge in [0.25, 0.3) is 0 Å². The first-order valence-corrected chi connectivity index (χ1v) is 10.0. The molecule has 142 valence electrons. The molecule has 27 heavy (non-hydrogen) atoms. The van der Waals surface area contributed by atoms with Gasteiger partial charge in [-0.05, 0) is 55.2 Å². The highest BCUT2D eigenvalue weighted by Gasteiger charge is 2.41. The molecular formula is C22H23Cl2NO2. The van der Waals surface area contributed by atoms with Gasteiger partial charge in [-0.2, -0.15) is 0 Å². The summed E-state index contributed by atoms with van der Waals surface area (Å²) in [6, 6.07) is 14.7. The van der Waals surface area contributed by atoms with E-state index in [1.807, 2.05) is 55.5 Å². The normalized spacial score (nSPS) is 21.2. The van der Waals surface area contributed by atoms with E-state index in [-0.39, 0.29) is 23.7 Å². The quantitative estimate of drug-likeness (QED) is 0.631. The molecule has 0 radical (unpaired) electrons. The number of carbonyl (C=O) groups excluding carboxylic acids is 2. The minimum Gasteiger partial charge on any atom is -0.325 e. The standard InChI is InChI=1S/C22H23Cl2NO2/c1-3-20(14(2)26)25-21(27)12-11-19(16-5-4-6-18(24)13-16)22(25)15-7-9-17(23)10-8-15/h4-10,13,19-20,22H,3,11-12H2,1-2H3/t19-,20+,22?/m1/s1. The van der Waals surface area contributed by atoms with Crippen LogP contribution < -0.4 is 0 Å². The Morgan fingerprint density at radius 2 is 1.81 bits per heavy atom. The maximum Gasteiger partial charge on any atom is 0.223 e. The zero-order valence-electron chi connectivity index (χ0n) is 15.5. The minimum absolute atomic E-state index is 0.0107. The number of Topliss-reactive ketones (excluding diaryl/α,β-unsaturated/α-hetero) is 1. The van der Waals surface area contributed by atoms with Crippen LogP contribution in [0.3, 0.4) is 0 Å². The summed E-state index contributed by atoms with van der Waals surface area (Å²) >= 11 is 12.3. The van der Waals surface area contributed by atoms with Crippen molar-refractivity contribution < 1.29 is 9.59 Å². The van der Waals surface area contributed by atoms with Gasteiger partial charge in [-0.3, -0.25) is 9.59 Å². The summed E-state index contributed by atoms with van der Waals surface area (Å²) in [6.07, 6.45) is 1.73. The molecule has 3 rings (SSSR count). The van der Waals surface area contributed by atoms with E-state index in [1.54, 1.807) is 11.8 Å². The summed E-state index contributed by atoms with van der Waals surface area (Å²) in [5.74, 6) is 0.0998. The summed E-state index contributed by atoms with van der Waals surface area (Å²) in [7, 11) is 0. The molecule has 1 heterocycles. The van der Waals surface area contributed by atoms with Crippen LogP contribution in [-0.4, -0.2) is 22.6 Å². The predicted molar refractivity (Wildman–Crippen MR) is 109 cm³/mol. The minimum atomic E-state index is -0.430. The molecule has 1 amide bonds. The van der Waals surface area contributed by atoms with Crippen molar-refractivity contribution >= 4 is 34.9 Å². The molecular weight excluding hydrogens is 381 g/mol. The van der Waals surface area contributed by atoms with E-state index in [0.717, 1.165) is 17.5 Å². The topological polar surface area (TPSA) is 37.4 Å². The van der Waals surface area contributed by atoms with Gasteiger partial charge in [-0.1, -0.05) is 54.4 Å². The third kappa shape index (κ3) is 4.20. The lowest BCUT2D eigenvalue weighted by Crippen LogP contribution is -2.50. The van der Waals surface area contributed by atoms with Crippen molar-refractivity contribution in [1.82, 2.24) is 4.90 Å². The lowest BCUT2D eigenvalue weighted by molar-refractivity contribution is -0.146. The number of hydrogen-bond acceptors (Lipinski definition) is 2. The van der Waals surface area contributed by atoms with Crippen LogP contribution in [0.4, 0.5) is 0 Å². The summed E-state index contributed by atoms with van der Waals surface area (Å²) in [5, 5.41) is 1.31. The van der Waals surface area contributed by atoms with E-state index in [2.05, 4.69) is 0 Å². The maximum absolute atomic E-state index is 12.9. The molecule has 0 N–H and O–H groups in total. The van der Waals surface area contributed by atoms with Crippen LogP contribution in [0.25, 0.3) is 0 Å². The van der Waals surface area contributed by atoms with Crippen molar-refractivity contribution in [2.24, 2.45) is 0 Å². The molecule has 3 atom stereocenters. The van der Waals surface area contributed by atoms with Gasteiger partial charge in [0, 0.05) is 22.4 Å². The molecule has 0 bridgehead atoms. The third-order valence-electron chi connectivity index (χ3n) is 5.32. The van der Waals surface area contributed by atoms with Gasteiger partial charge < -0.3 is 4.90 Å². The van der Waals surface area contributed by atoms with E-state index in [9.17, 15) is 9.59 Å². The Hall–Kier alpha value is -1.84. The summed E-state index contributed by atoms with van der Waals surface area (Å²) in [5.41, 5.74) is 2.07. The number of benzene rings is 2. The number of nitrogens with zero attached hydrogens (tertiary/aromatic N) is 1. The van der Waals surface area contributed by atoms with Crippen LogP contribution in [0.2, 0.25) is 10.0 Å². The Kier molecular flexibility index (Phi) is 6.23. The van der Waals surface area contributed by atoms with Crippen LogP contribution >= 0.6 is 23.2 Å². The number of ketones is 1. The van der Waals surface area contributed by atoms with Gasteiger partial charge in [0.1, 0.15) is 0 Å². The summed E-state index contributed by atoms with van der Waals surface area (Å²) in [4.78, 5) is 27.0. The van der Waals surface area contributed by atoms with Gasteiger partial charge in [0.15, 0.2) is 5.78 Å². The van der Waals surface area contributed by atoms with Crippen molar-refractivity contribution in [2.75, 3.05) is 0 Å². The Morgan fingerprint density at radius 1 is 1.11 bits per heavy atom. The zero-order valence-corrected chi connectivity index (χ0v) is 17.0. The first-order valence-electron chi connectivity index (χ1n) is 9.25. The fourth-order valence-electron chi connectivity index (χ4n) is 4.10. The number of hydrogen-bond donors (Lipinski definition) is 0. The van der Waals surface area contributed by atoms with Crippen LogP contribution in [0.15, 0.2) is 48.5 Å². The molecule has 5 heteroatoms. The van der Waals surface area contributed by atoms with E-state index in [1.165, 1.54) is 0 Å². The second-order valence-corrected chi connectivity index (χ2v) is 7.91. The second kappa shape index (κ2) is 8.45.